The minimum Gasteiger partial charge on any atom is -0.363 e. The third-order valence-electron chi connectivity index (χ3n) is 4.65. The summed E-state index contributed by atoms with van der Waals surface area (Å²) in [5.41, 5.74) is 6.77. The van der Waals surface area contributed by atoms with Crippen molar-refractivity contribution in [2.75, 3.05) is 5.32 Å². The zero-order valence-electron chi connectivity index (χ0n) is 15.8. The monoisotopic (exact) mass is 358 g/mol. The highest BCUT2D eigenvalue weighted by Crippen LogP contribution is 2.30. The molecule has 136 valence electrons. The maximum atomic E-state index is 5.61. The van der Waals surface area contributed by atoms with Gasteiger partial charge in [0.2, 0.25) is 5.58 Å². The summed E-state index contributed by atoms with van der Waals surface area (Å²) in [6.07, 6.45) is 1.04. The fourth-order valence-electron chi connectivity index (χ4n) is 3.04. The molecule has 1 N–H and O–H groups in total. The molecule has 4 aromatic rings. The molecule has 27 heavy (non-hydrogen) atoms. The van der Waals surface area contributed by atoms with Crippen LogP contribution in [-0.4, -0.2) is 15.1 Å². The van der Waals surface area contributed by atoms with E-state index in [-0.39, 0.29) is 0 Å². The molecule has 0 atom stereocenters. The lowest BCUT2D eigenvalue weighted by molar-refractivity contribution is 0.459. The number of anilines is 1. The van der Waals surface area contributed by atoms with E-state index in [1.165, 1.54) is 16.7 Å². The molecule has 5 nitrogen and oxygen atoms in total. The Morgan fingerprint density at radius 2 is 1.59 bits per heavy atom. The first-order chi connectivity index (χ1) is 13.1. The van der Waals surface area contributed by atoms with Crippen molar-refractivity contribution in [3.63, 3.8) is 0 Å². The molecular formula is C22H22N4O. The van der Waals surface area contributed by atoms with Crippen LogP contribution in [0.25, 0.3) is 22.4 Å². The lowest BCUT2D eigenvalue weighted by Crippen LogP contribution is -2.03. The number of nitrogens with zero attached hydrogens (tertiary/aromatic N) is 3. The summed E-state index contributed by atoms with van der Waals surface area (Å²) in [6.45, 7) is 6.76. The van der Waals surface area contributed by atoms with E-state index in [4.69, 9.17) is 4.52 Å². The van der Waals surface area contributed by atoms with Crippen molar-refractivity contribution in [3.8, 4) is 11.3 Å². The van der Waals surface area contributed by atoms with Gasteiger partial charge in [0, 0.05) is 12.1 Å². The lowest BCUT2D eigenvalue weighted by Gasteiger charge is -2.07. The number of nitrogens with one attached hydrogen (secondary N) is 1. The first-order valence-corrected chi connectivity index (χ1v) is 9.17. The SMILES string of the molecule is CCc1ccc(CNc2nc(C)nc3c(-c4ccc(C)cc4)noc23)cc1. The molecule has 0 unspecified atom stereocenters. The van der Waals surface area contributed by atoms with Crippen molar-refractivity contribution in [1.82, 2.24) is 15.1 Å². The van der Waals surface area contributed by atoms with Gasteiger partial charge in [0.1, 0.15) is 17.0 Å². The van der Waals surface area contributed by atoms with Crippen molar-refractivity contribution < 1.29 is 4.52 Å². The average Bonchev–Trinajstić information content (AvgIpc) is 3.11. The fourth-order valence-corrected chi connectivity index (χ4v) is 3.04. The van der Waals surface area contributed by atoms with Crippen LogP contribution in [0, 0.1) is 13.8 Å². The second-order valence-corrected chi connectivity index (χ2v) is 6.72. The van der Waals surface area contributed by atoms with Gasteiger partial charge >= 0.3 is 0 Å². The van der Waals surface area contributed by atoms with E-state index in [9.17, 15) is 0 Å². The first-order valence-electron chi connectivity index (χ1n) is 9.17. The molecular weight excluding hydrogens is 336 g/mol. The lowest BCUT2D eigenvalue weighted by atomic mass is 10.1. The topological polar surface area (TPSA) is 63.8 Å². The van der Waals surface area contributed by atoms with E-state index in [0.29, 0.717) is 23.8 Å². The molecule has 0 amide bonds. The Kier molecular flexibility index (Phi) is 4.59. The van der Waals surface area contributed by atoms with Crippen LogP contribution in [-0.2, 0) is 13.0 Å². The van der Waals surface area contributed by atoms with Crippen LogP contribution in [0.3, 0.4) is 0 Å². The number of benzene rings is 2. The smallest absolute Gasteiger partial charge is 0.228 e. The Bertz CT molecular complexity index is 1070. The van der Waals surface area contributed by atoms with Crippen LogP contribution in [0.2, 0.25) is 0 Å². The predicted octanol–water partition coefficient (Wildman–Crippen LogP) is 5.08. The third-order valence-corrected chi connectivity index (χ3v) is 4.65. The van der Waals surface area contributed by atoms with Gasteiger partial charge in [-0.2, -0.15) is 0 Å². The van der Waals surface area contributed by atoms with E-state index in [1.807, 2.05) is 19.1 Å². The van der Waals surface area contributed by atoms with Gasteiger partial charge in [-0.15, -0.1) is 0 Å². The molecule has 0 aliphatic carbocycles. The van der Waals surface area contributed by atoms with Crippen molar-refractivity contribution in [3.05, 3.63) is 71.0 Å². The average molecular weight is 358 g/mol. The van der Waals surface area contributed by atoms with E-state index >= 15 is 0 Å². The zero-order valence-corrected chi connectivity index (χ0v) is 15.8. The molecule has 0 bridgehead atoms. The molecule has 2 heterocycles. The van der Waals surface area contributed by atoms with Crippen LogP contribution in [0.4, 0.5) is 5.82 Å². The molecule has 0 aliphatic rings. The van der Waals surface area contributed by atoms with E-state index in [0.717, 1.165) is 23.2 Å². The summed E-state index contributed by atoms with van der Waals surface area (Å²) in [5, 5.41) is 7.63. The van der Waals surface area contributed by atoms with E-state index < -0.39 is 0 Å². The van der Waals surface area contributed by atoms with E-state index in [1.54, 1.807) is 0 Å². The normalized spacial score (nSPS) is 11.1. The van der Waals surface area contributed by atoms with Gasteiger partial charge in [-0.05, 0) is 31.4 Å². The fraction of sp³-hybridized carbons (Fsp3) is 0.227. The summed E-state index contributed by atoms with van der Waals surface area (Å²) in [5.74, 6) is 1.35. The Balaban J connectivity index is 1.65. The number of aromatic nitrogens is 3. The molecule has 0 radical (unpaired) electrons. The molecule has 0 saturated heterocycles. The summed E-state index contributed by atoms with van der Waals surface area (Å²) in [7, 11) is 0. The summed E-state index contributed by atoms with van der Waals surface area (Å²) in [6, 6.07) is 16.8. The molecule has 2 aromatic heterocycles. The van der Waals surface area contributed by atoms with Gasteiger partial charge < -0.3 is 9.84 Å². The quantitative estimate of drug-likeness (QED) is 0.539. The van der Waals surface area contributed by atoms with Crippen molar-refractivity contribution >= 4 is 16.9 Å². The third kappa shape index (κ3) is 3.53. The second-order valence-electron chi connectivity index (χ2n) is 6.72. The molecule has 0 spiro atoms. The highest BCUT2D eigenvalue weighted by atomic mass is 16.5. The highest BCUT2D eigenvalue weighted by molar-refractivity contribution is 5.93. The van der Waals surface area contributed by atoms with Gasteiger partial charge in [-0.3, -0.25) is 0 Å². The number of aryl methyl sites for hydroxylation is 3. The zero-order chi connectivity index (χ0) is 18.8. The van der Waals surface area contributed by atoms with Gasteiger partial charge in [-0.25, -0.2) is 9.97 Å². The predicted molar refractivity (Wildman–Crippen MR) is 108 cm³/mol. The van der Waals surface area contributed by atoms with Gasteiger partial charge in [0.25, 0.3) is 0 Å². The van der Waals surface area contributed by atoms with Gasteiger partial charge in [-0.1, -0.05) is 66.2 Å². The number of hydrogen-bond acceptors (Lipinski definition) is 5. The largest absolute Gasteiger partial charge is 0.363 e. The number of hydrogen-bond donors (Lipinski definition) is 1. The molecule has 4 rings (SSSR count). The molecule has 5 heteroatoms. The van der Waals surface area contributed by atoms with Crippen LogP contribution < -0.4 is 5.32 Å². The summed E-state index contributed by atoms with van der Waals surface area (Å²) < 4.78 is 5.61. The standard InChI is InChI=1S/C22H22N4O/c1-4-16-7-9-17(10-8-16)13-23-22-21-20(24-15(3)25-22)19(26-27-21)18-11-5-14(2)6-12-18/h5-12H,4,13H2,1-3H3,(H,23,24,25). The van der Waals surface area contributed by atoms with Gasteiger partial charge in [0.05, 0.1) is 0 Å². The minimum atomic E-state index is 0.585. The minimum absolute atomic E-state index is 0.585. The van der Waals surface area contributed by atoms with Crippen molar-refractivity contribution in [2.45, 2.75) is 33.7 Å². The Morgan fingerprint density at radius 1 is 0.889 bits per heavy atom. The summed E-state index contributed by atoms with van der Waals surface area (Å²) in [4.78, 5) is 9.08. The Morgan fingerprint density at radius 3 is 2.30 bits per heavy atom. The maximum Gasteiger partial charge on any atom is 0.228 e. The van der Waals surface area contributed by atoms with Crippen molar-refractivity contribution in [1.29, 1.82) is 0 Å². The van der Waals surface area contributed by atoms with Crippen LogP contribution in [0.15, 0.2) is 53.1 Å². The summed E-state index contributed by atoms with van der Waals surface area (Å²) >= 11 is 0. The Labute approximate surface area is 158 Å². The first kappa shape index (κ1) is 17.2. The molecule has 0 aliphatic heterocycles. The van der Waals surface area contributed by atoms with Crippen LogP contribution >= 0.6 is 0 Å². The van der Waals surface area contributed by atoms with Crippen molar-refractivity contribution in [2.24, 2.45) is 0 Å². The molecule has 0 fully saturated rings. The number of rotatable bonds is 5. The van der Waals surface area contributed by atoms with E-state index in [2.05, 4.69) is 70.7 Å². The number of fused-ring (bicyclic) bond motifs is 1. The highest BCUT2D eigenvalue weighted by Gasteiger charge is 2.17. The Hall–Kier alpha value is -3.21. The maximum absolute atomic E-state index is 5.61. The molecule has 0 saturated carbocycles. The van der Waals surface area contributed by atoms with Gasteiger partial charge in [0.15, 0.2) is 5.82 Å². The van der Waals surface area contributed by atoms with Crippen LogP contribution in [0.1, 0.15) is 29.4 Å². The van der Waals surface area contributed by atoms with Crippen LogP contribution in [0.5, 0.6) is 0 Å². The molecule has 2 aromatic carbocycles. The second kappa shape index (κ2) is 7.19.